The Morgan fingerprint density at radius 2 is 1.95 bits per heavy atom. The Balaban J connectivity index is 2.44. The van der Waals surface area contributed by atoms with Gasteiger partial charge < -0.3 is 15.5 Å². The third-order valence-electron chi connectivity index (χ3n) is 3.68. The van der Waals surface area contributed by atoms with Gasteiger partial charge in [0, 0.05) is 34.9 Å². The summed E-state index contributed by atoms with van der Waals surface area (Å²) in [5, 5.41) is 21.6. The predicted octanol–water partition coefficient (Wildman–Crippen LogP) is 2.26. The molecule has 0 bridgehead atoms. The SMILES string of the molecule is CCC(CC)(CO)CNCc1ccc(CC(=O)O)s1. The van der Waals surface area contributed by atoms with E-state index < -0.39 is 5.97 Å². The quantitative estimate of drug-likeness (QED) is 0.651. The van der Waals surface area contributed by atoms with Gasteiger partial charge in [-0.3, -0.25) is 4.79 Å². The van der Waals surface area contributed by atoms with E-state index in [1.807, 2.05) is 12.1 Å². The molecule has 108 valence electrons. The molecule has 1 aromatic heterocycles. The van der Waals surface area contributed by atoms with Gasteiger partial charge >= 0.3 is 5.97 Å². The number of thiophene rings is 1. The van der Waals surface area contributed by atoms with Crippen LogP contribution in [-0.4, -0.2) is 29.3 Å². The first kappa shape index (κ1) is 16.1. The van der Waals surface area contributed by atoms with E-state index >= 15 is 0 Å². The van der Waals surface area contributed by atoms with Gasteiger partial charge in [-0.2, -0.15) is 0 Å². The van der Waals surface area contributed by atoms with Crippen molar-refractivity contribution in [3.8, 4) is 0 Å². The van der Waals surface area contributed by atoms with Crippen LogP contribution in [0, 0.1) is 5.41 Å². The number of carbonyl (C=O) groups is 1. The van der Waals surface area contributed by atoms with Crippen LogP contribution < -0.4 is 5.32 Å². The normalized spacial score (nSPS) is 11.7. The number of aliphatic hydroxyl groups excluding tert-OH is 1. The van der Waals surface area contributed by atoms with Crippen molar-refractivity contribution in [2.24, 2.45) is 5.41 Å². The number of carboxylic acid groups (broad SMARTS) is 1. The van der Waals surface area contributed by atoms with E-state index in [9.17, 15) is 9.90 Å². The maximum absolute atomic E-state index is 10.6. The van der Waals surface area contributed by atoms with Crippen LogP contribution in [0.3, 0.4) is 0 Å². The predicted molar refractivity (Wildman–Crippen MR) is 77.5 cm³/mol. The molecule has 0 aliphatic carbocycles. The minimum Gasteiger partial charge on any atom is -0.481 e. The maximum Gasteiger partial charge on any atom is 0.308 e. The summed E-state index contributed by atoms with van der Waals surface area (Å²) in [6, 6.07) is 3.84. The van der Waals surface area contributed by atoms with Crippen molar-refractivity contribution < 1.29 is 15.0 Å². The van der Waals surface area contributed by atoms with Crippen LogP contribution in [0.1, 0.15) is 36.4 Å². The van der Waals surface area contributed by atoms with Crippen molar-refractivity contribution in [3.05, 3.63) is 21.9 Å². The average molecular weight is 285 g/mol. The van der Waals surface area contributed by atoms with Gasteiger partial charge in [0.05, 0.1) is 6.42 Å². The summed E-state index contributed by atoms with van der Waals surface area (Å²) >= 11 is 1.53. The smallest absolute Gasteiger partial charge is 0.308 e. The van der Waals surface area contributed by atoms with E-state index in [-0.39, 0.29) is 18.4 Å². The standard InChI is InChI=1S/C14H23NO3S/c1-3-14(4-2,10-16)9-15-8-12-6-5-11(19-12)7-13(17)18/h5-6,15-16H,3-4,7-10H2,1-2H3,(H,17,18). The van der Waals surface area contributed by atoms with E-state index in [1.165, 1.54) is 11.3 Å². The van der Waals surface area contributed by atoms with Crippen LogP contribution in [0.4, 0.5) is 0 Å². The van der Waals surface area contributed by atoms with Gasteiger partial charge in [-0.1, -0.05) is 13.8 Å². The zero-order valence-electron chi connectivity index (χ0n) is 11.6. The summed E-state index contributed by atoms with van der Waals surface area (Å²) in [5.41, 5.74) is -0.0405. The number of nitrogens with one attached hydrogen (secondary N) is 1. The number of carboxylic acids is 1. The lowest BCUT2D eigenvalue weighted by atomic mass is 9.83. The lowest BCUT2D eigenvalue weighted by molar-refractivity contribution is -0.136. The summed E-state index contributed by atoms with van der Waals surface area (Å²) in [6.07, 6.45) is 1.98. The Hall–Kier alpha value is -0.910. The summed E-state index contributed by atoms with van der Waals surface area (Å²) in [4.78, 5) is 12.6. The third kappa shape index (κ3) is 4.93. The Morgan fingerprint density at radius 1 is 1.32 bits per heavy atom. The van der Waals surface area contributed by atoms with Crippen LogP contribution in [0.5, 0.6) is 0 Å². The highest BCUT2D eigenvalue weighted by molar-refractivity contribution is 7.12. The van der Waals surface area contributed by atoms with E-state index in [0.29, 0.717) is 0 Å². The van der Waals surface area contributed by atoms with Crippen molar-refractivity contribution in [3.63, 3.8) is 0 Å². The summed E-state index contributed by atoms with van der Waals surface area (Å²) in [5.74, 6) is -0.794. The monoisotopic (exact) mass is 285 g/mol. The maximum atomic E-state index is 10.6. The van der Waals surface area contributed by atoms with Gasteiger partial charge in [0.15, 0.2) is 0 Å². The third-order valence-corrected chi connectivity index (χ3v) is 4.76. The lowest BCUT2D eigenvalue weighted by Gasteiger charge is -2.29. The second-order valence-corrected chi connectivity index (χ2v) is 6.16. The van der Waals surface area contributed by atoms with Gasteiger partial charge in [-0.15, -0.1) is 11.3 Å². The molecular formula is C14H23NO3S. The molecule has 0 aliphatic heterocycles. The fourth-order valence-corrected chi connectivity index (χ4v) is 2.97. The molecule has 0 aliphatic rings. The minimum absolute atomic E-state index is 0.0405. The molecule has 0 saturated carbocycles. The molecule has 0 spiro atoms. The lowest BCUT2D eigenvalue weighted by Crippen LogP contribution is -2.36. The highest BCUT2D eigenvalue weighted by Gasteiger charge is 2.24. The summed E-state index contributed by atoms with van der Waals surface area (Å²) < 4.78 is 0. The molecule has 19 heavy (non-hydrogen) atoms. The minimum atomic E-state index is -0.794. The Labute approximate surface area is 118 Å². The number of hydrogen-bond acceptors (Lipinski definition) is 4. The topological polar surface area (TPSA) is 69.6 Å². The Kier molecular flexibility index (Phi) is 6.48. The van der Waals surface area contributed by atoms with Crippen LogP contribution in [0.25, 0.3) is 0 Å². The first-order chi connectivity index (χ1) is 9.05. The van der Waals surface area contributed by atoms with Crippen molar-refractivity contribution in [1.82, 2.24) is 5.32 Å². The molecule has 0 amide bonds. The van der Waals surface area contributed by atoms with Gasteiger partial charge in [0.25, 0.3) is 0 Å². The first-order valence-corrected chi connectivity index (χ1v) is 7.48. The van der Waals surface area contributed by atoms with Crippen molar-refractivity contribution >= 4 is 17.3 Å². The summed E-state index contributed by atoms with van der Waals surface area (Å²) in [6.45, 7) is 5.89. The zero-order chi connectivity index (χ0) is 14.3. The van der Waals surface area contributed by atoms with E-state index in [1.54, 1.807) is 0 Å². The number of aliphatic carboxylic acids is 1. The first-order valence-electron chi connectivity index (χ1n) is 6.66. The second-order valence-electron chi connectivity index (χ2n) is 4.91. The Bertz CT molecular complexity index is 391. The van der Waals surface area contributed by atoms with Gasteiger partial charge in [0.2, 0.25) is 0 Å². The number of rotatable bonds is 9. The highest BCUT2D eigenvalue weighted by Crippen LogP contribution is 2.25. The zero-order valence-corrected chi connectivity index (χ0v) is 12.4. The van der Waals surface area contributed by atoms with E-state index in [0.717, 1.165) is 35.7 Å². The molecule has 1 aromatic rings. The molecule has 0 fully saturated rings. The summed E-state index contributed by atoms with van der Waals surface area (Å²) in [7, 11) is 0. The van der Waals surface area contributed by atoms with Crippen LogP contribution in [0.2, 0.25) is 0 Å². The molecular weight excluding hydrogens is 262 g/mol. The molecule has 5 heteroatoms. The van der Waals surface area contributed by atoms with Gasteiger partial charge in [-0.05, 0) is 25.0 Å². The molecule has 1 heterocycles. The fourth-order valence-electron chi connectivity index (χ4n) is 1.99. The van der Waals surface area contributed by atoms with Crippen LogP contribution >= 0.6 is 11.3 Å². The molecule has 0 radical (unpaired) electrons. The highest BCUT2D eigenvalue weighted by atomic mass is 32.1. The molecule has 4 nitrogen and oxygen atoms in total. The molecule has 0 atom stereocenters. The molecule has 0 aromatic carbocycles. The van der Waals surface area contributed by atoms with Gasteiger partial charge in [-0.25, -0.2) is 0 Å². The molecule has 1 rings (SSSR count). The van der Waals surface area contributed by atoms with Crippen molar-refractivity contribution in [1.29, 1.82) is 0 Å². The van der Waals surface area contributed by atoms with Crippen LogP contribution in [0.15, 0.2) is 12.1 Å². The fraction of sp³-hybridized carbons (Fsp3) is 0.643. The molecule has 0 saturated heterocycles. The van der Waals surface area contributed by atoms with E-state index in [4.69, 9.17) is 5.11 Å². The largest absolute Gasteiger partial charge is 0.481 e. The Morgan fingerprint density at radius 3 is 2.47 bits per heavy atom. The average Bonchev–Trinajstić information content (AvgIpc) is 2.82. The van der Waals surface area contributed by atoms with Crippen molar-refractivity contribution in [2.45, 2.75) is 39.7 Å². The van der Waals surface area contributed by atoms with E-state index in [2.05, 4.69) is 19.2 Å². The van der Waals surface area contributed by atoms with Gasteiger partial charge in [0.1, 0.15) is 0 Å². The number of hydrogen-bond donors (Lipinski definition) is 3. The molecule has 0 unspecified atom stereocenters. The van der Waals surface area contributed by atoms with Crippen LogP contribution in [-0.2, 0) is 17.8 Å². The van der Waals surface area contributed by atoms with Crippen molar-refractivity contribution in [2.75, 3.05) is 13.2 Å². The second kappa shape index (κ2) is 7.62. The number of aliphatic hydroxyl groups is 1. The molecule has 3 N–H and O–H groups in total.